The topological polar surface area (TPSA) is 50.2 Å². The second kappa shape index (κ2) is 9.33. The van der Waals surface area contributed by atoms with Gasteiger partial charge in [-0.3, -0.25) is 14.4 Å². The molecular formula is C23H28N4O. The van der Waals surface area contributed by atoms with E-state index in [-0.39, 0.29) is 5.91 Å². The van der Waals surface area contributed by atoms with Crippen molar-refractivity contribution in [2.75, 3.05) is 13.6 Å². The molecule has 0 fully saturated rings. The van der Waals surface area contributed by atoms with E-state index in [0.717, 1.165) is 30.0 Å². The van der Waals surface area contributed by atoms with Crippen LogP contribution in [0.2, 0.25) is 0 Å². The SMILES string of the molecule is Cc1nn(Cc2ccccc2)c(C)c1CNC(=O)CN(C)Cc1ccccc1. The second-order valence-corrected chi connectivity index (χ2v) is 7.23. The molecule has 0 saturated carbocycles. The smallest absolute Gasteiger partial charge is 0.234 e. The van der Waals surface area contributed by atoms with Crippen LogP contribution >= 0.6 is 0 Å². The number of likely N-dealkylation sites (N-methyl/N-ethyl adjacent to an activating group) is 1. The molecule has 0 unspecified atom stereocenters. The van der Waals surface area contributed by atoms with Gasteiger partial charge in [0.05, 0.1) is 18.8 Å². The third-order valence-electron chi connectivity index (χ3n) is 4.88. The van der Waals surface area contributed by atoms with Gasteiger partial charge in [0, 0.05) is 24.3 Å². The minimum absolute atomic E-state index is 0.0213. The summed E-state index contributed by atoms with van der Waals surface area (Å²) in [5.74, 6) is 0.0213. The van der Waals surface area contributed by atoms with Gasteiger partial charge in [-0.2, -0.15) is 5.10 Å². The maximum absolute atomic E-state index is 12.4. The monoisotopic (exact) mass is 376 g/mol. The quantitative estimate of drug-likeness (QED) is 0.656. The number of benzene rings is 2. The number of carbonyl (C=O) groups excluding carboxylic acids is 1. The van der Waals surface area contributed by atoms with Crippen molar-refractivity contribution in [3.05, 3.63) is 88.7 Å². The molecule has 146 valence electrons. The Kier molecular flexibility index (Phi) is 6.61. The van der Waals surface area contributed by atoms with Crippen molar-refractivity contribution in [3.63, 3.8) is 0 Å². The van der Waals surface area contributed by atoms with Crippen LogP contribution in [0.5, 0.6) is 0 Å². The zero-order chi connectivity index (χ0) is 19.9. The molecule has 3 aromatic rings. The summed E-state index contributed by atoms with van der Waals surface area (Å²) in [4.78, 5) is 14.4. The summed E-state index contributed by atoms with van der Waals surface area (Å²) in [5.41, 5.74) is 5.57. The lowest BCUT2D eigenvalue weighted by Gasteiger charge is -2.16. The Balaban J connectivity index is 1.54. The Morgan fingerprint density at radius 3 is 2.25 bits per heavy atom. The molecule has 5 nitrogen and oxygen atoms in total. The Bertz CT molecular complexity index is 903. The van der Waals surface area contributed by atoms with Crippen molar-refractivity contribution >= 4 is 5.91 Å². The van der Waals surface area contributed by atoms with Crippen LogP contribution in [-0.2, 0) is 24.4 Å². The molecule has 2 aromatic carbocycles. The Hall–Kier alpha value is -2.92. The van der Waals surface area contributed by atoms with Crippen LogP contribution in [0.4, 0.5) is 0 Å². The van der Waals surface area contributed by atoms with Crippen LogP contribution in [-0.4, -0.2) is 34.2 Å². The molecule has 1 aromatic heterocycles. The minimum Gasteiger partial charge on any atom is -0.351 e. The van der Waals surface area contributed by atoms with Gasteiger partial charge < -0.3 is 5.32 Å². The predicted molar refractivity (Wildman–Crippen MR) is 112 cm³/mol. The fourth-order valence-electron chi connectivity index (χ4n) is 3.34. The maximum atomic E-state index is 12.4. The summed E-state index contributed by atoms with van der Waals surface area (Å²) in [5, 5.41) is 7.70. The van der Waals surface area contributed by atoms with Gasteiger partial charge in [-0.05, 0) is 32.0 Å². The first-order valence-electron chi connectivity index (χ1n) is 9.59. The van der Waals surface area contributed by atoms with Gasteiger partial charge in [-0.15, -0.1) is 0 Å². The number of rotatable bonds is 8. The summed E-state index contributed by atoms with van der Waals surface area (Å²) < 4.78 is 2.01. The van der Waals surface area contributed by atoms with E-state index < -0.39 is 0 Å². The third-order valence-corrected chi connectivity index (χ3v) is 4.88. The Morgan fingerprint density at radius 2 is 1.61 bits per heavy atom. The van der Waals surface area contributed by atoms with Crippen LogP contribution in [0.15, 0.2) is 60.7 Å². The average Bonchev–Trinajstić information content (AvgIpc) is 2.94. The summed E-state index contributed by atoms with van der Waals surface area (Å²) in [6.07, 6.45) is 0. The zero-order valence-electron chi connectivity index (χ0n) is 16.9. The molecule has 5 heteroatoms. The van der Waals surface area contributed by atoms with E-state index in [1.807, 2.05) is 60.0 Å². The third kappa shape index (κ3) is 5.30. The lowest BCUT2D eigenvalue weighted by atomic mass is 10.2. The standard InChI is InChI=1S/C23H28N4O/c1-18-22(19(2)27(25-18)16-21-12-8-5-9-13-21)14-24-23(28)17-26(3)15-20-10-6-4-7-11-20/h4-13H,14-17H2,1-3H3,(H,24,28). The number of aromatic nitrogens is 2. The van der Waals surface area contributed by atoms with Gasteiger partial charge in [0.15, 0.2) is 0 Å². The number of nitrogens with zero attached hydrogens (tertiary/aromatic N) is 3. The van der Waals surface area contributed by atoms with E-state index in [9.17, 15) is 4.79 Å². The number of hydrogen-bond acceptors (Lipinski definition) is 3. The van der Waals surface area contributed by atoms with E-state index in [2.05, 4.69) is 41.6 Å². The molecule has 1 amide bonds. The minimum atomic E-state index is 0.0213. The van der Waals surface area contributed by atoms with Crippen LogP contribution in [0.1, 0.15) is 28.1 Å². The summed E-state index contributed by atoms with van der Waals surface area (Å²) in [6, 6.07) is 20.5. The van der Waals surface area contributed by atoms with Crippen molar-refractivity contribution in [2.24, 2.45) is 0 Å². The Morgan fingerprint density at radius 1 is 1.00 bits per heavy atom. The molecule has 1 N–H and O–H groups in total. The lowest BCUT2D eigenvalue weighted by Crippen LogP contribution is -2.34. The van der Waals surface area contributed by atoms with Crippen molar-refractivity contribution in [1.82, 2.24) is 20.0 Å². The van der Waals surface area contributed by atoms with Crippen LogP contribution in [0.3, 0.4) is 0 Å². The van der Waals surface area contributed by atoms with Crippen LogP contribution in [0.25, 0.3) is 0 Å². The van der Waals surface area contributed by atoms with Gasteiger partial charge in [0.1, 0.15) is 0 Å². The highest BCUT2D eigenvalue weighted by Crippen LogP contribution is 2.14. The van der Waals surface area contributed by atoms with Crippen molar-refractivity contribution in [1.29, 1.82) is 0 Å². The first-order valence-corrected chi connectivity index (χ1v) is 9.59. The zero-order valence-corrected chi connectivity index (χ0v) is 16.9. The molecule has 0 radical (unpaired) electrons. The van der Waals surface area contributed by atoms with Gasteiger partial charge in [0.2, 0.25) is 5.91 Å². The van der Waals surface area contributed by atoms with Crippen molar-refractivity contribution in [3.8, 4) is 0 Å². The van der Waals surface area contributed by atoms with Gasteiger partial charge in [-0.1, -0.05) is 60.7 Å². The molecule has 0 bridgehead atoms. The first kappa shape index (κ1) is 19.8. The van der Waals surface area contributed by atoms with E-state index in [4.69, 9.17) is 0 Å². The molecule has 0 aliphatic heterocycles. The van der Waals surface area contributed by atoms with E-state index in [1.165, 1.54) is 11.1 Å². The van der Waals surface area contributed by atoms with Gasteiger partial charge >= 0.3 is 0 Å². The fourth-order valence-corrected chi connectivity index (χ4v) is 3.34. The average molecular weight is 377 g/mol. The summed E-state index contributed by atoms with van der Waals surface area (Å²) in [6.45, 7) is 6.42. The van der Waals surface area contributed by atoms with Crippen LogP contribution in [0, 0.1) is 13.8 Å². The highest BCUT2D eigenvalue weighted by atomic mass is 16.2. The summed E-state index contributed by atoms with van der Waals surface area (Å²) >= 11 is 0. The van der Waals surface area contributed by atoms with Crippen molar-refractivity contribution < 1.29 is 4.79 Å². The highest BCUT2D eigenvalue weighted by Gasteiger charge is 2.13. The number of nitrogens with one attached hydrogen (secondary N) is 1. The summed E-state index contributed by atoms with van der Waals surface area (Å²) in [7, 11) is 1.96. The molecular weight excluding hydrogens is 348 g/mol. The molecule has 0 saturated heterocycles. The Labute approximate surface area is 167 Å². The molecule has 0 aliphatic rings. The lowest BCUT2D eigenvalue weighted by molar-refractivity contribution is -0.122. The fraction of sp³-hybridized carbons (Fsp3) is 0.304. The molecule has 28 heavy (non-hydrogen) atoms. The molecule has 0 aliphatic carbocycles. The second-order valence-electron chi connectivity index (χ2n) is 7.23. The van der Waals surface area contributed by atoms with Gasteiger partial charge in [0.25, 0.3) is 0 Å². The number of aryl methyl sites for hydroxylation is 1. The number of hydrogen-bond donors (Lipinski definition) is 1. The molecule has 3 rings (SSSR count). The normalized spacial score (nSPS) is 11.0. The molecule has 0 atom stereocenters. The van der Waals surface area contributed by atoms with E-state index in [1.54, 1.807) is 0 Å². The van der Waals surface area contributed by atoms with Crippen LogP contribution < -0.4 is 5.32 Å². The maximum Gasteiger partial charge on any atom is 0.234 e. The predicted octanol–water partition coefficient (Wildman–Crippen LogP) is 3.30. The van der Waals surface area contributed by atoms with Gasteiger partial charge in [-0.25, -0.2) is 0 Å². The number of carbonyl (C=O) groups is 1. The molecule has 0 spiro atoms. The first-order chi connectivity index (χ1) is 13.5. The highest BCUT2D eigenvalue weighted by molar-refractivity contribution is 5.78. The largest absolute Gasteiger partial charge is 0.351 e. The van der Waals surface area contributed by atoms with Crippen molar-refractivity contribution in [2.45, 2.75) is 33.5 Å². The van der Waals surface area contributed by atoms with E-state index >= 15 is 0 Å². The molecule has 1 heterocycles. The van der Waals surface area contributed by atoms with E-state index in [0.29, 0.717) is 13.1 Å². The number of amides is 1.